The van der Waals surface area contributed by atoms with Gasteiger partial charge < -0.3 is 11.1 Å². The van der Waals surface area contributed by atoms with E-state index >= 15 is 0 Å². The minimum absolute atomic E-state index is 0.116. The predicted octanol–water partition coefficient (Wildman–Crippen LogP) is 4.67. The van der Waals surface area contributed by atoms with E-state index in [-0.39, 0.29) is 30.3 Å². The Kier molecular flexibility index (Phi) is 7.99. The summed E-state index contributed by atoms with van der Waals surface area (Å²) in [7, 11) is -4.44. The molecule has 2 aromatic carbocycles. The third-order valence-corrected chi connectivity index (χ3v) is 9.39. The molecule has 1 aliphatic heterocycles. The zero-order chi connectivity index (χ0) is 28.8. The van der Waals surface area contributed by atoms with Gasteiger partial charge >= 0.3 is 6.18 Å². The maximum atomic E-state index is 13.2. The lowest BCUT2D eigenvalue weighted by Crippen LogP contribution is -2.40. The SMILES string of the molecule is CC(C)(C)C(N)c1ccc2c(c1)CCCC2NC(=O)CC1CC(=O)CN1S(=O)(=O)c1cccc(C(F)(F)F)c1. The molecule has 1 aliphatic carbocycles. The van der Waals surface area contributed by atoms with Gasteiger partial charge in [-0.25, -0.2) is 8.42 Å². The van der Waals surface area contributed by atoms with Crippen LogP contribution in [-0.2, 0) is 32.2 Å². The molecular weight excluding hydrogens is 531 g/mol. The van der Waals surface area contributed by atoms with Crippen molar-refractivity contribution in [3.8, 4) is 0 Å². The van der Waals surface area contributed by atoms with Crippen LogP contribution < -0.4 is 11.1 Å². The largest absolute Gasteiger partial charge is 0.416 e. The Balaban J connectivity index is 1.50. The Morgan fingerprint density at radius 1 is 1.15 bits per heavy atom. The second kappa shape index (κ2) is 10.7. The summed E-state index contributed by atoms with van der Waals surface area (Å²) >= 11 is 0. The minimum atomic E-state index is -4.72. The Morgan fingerprint density at radius 2 is 1.87 bits per heavy atom. The molecule has 0 radical (unpaired) electrons. The molecule has 39 heavy (non-hydrogen) atoms. The topological polar surface area (TPSA) is 110 Å². The van der Waals surface area contributed by atoms with Crippen LogP contribution >= 0.6 is 0 Å². The highest BCUT2D eigenvalue weighted by Gasteiger charge is 2.41. The van der Waals surface area contributed by atoms with Crippen LogP contribution in [0.2, 0.25) is 0 Å². The van der Waals surface area contributed by atoms with E-state index in [2.05, 4.69) is 32.2 Å². The summed E-state index contributed by atoms with van der Waals surface area (Å²) in [5.74, 6) is -0.818. The van der Waals surface area contributed by atoms with Gasteiger partial charge in [0.25, 0.3) is 0 Å². The first-order valence-corrected chi connectivity index (χ1v) is 14.4. The standard InChI is InChI=1S/C28H34F3N3O4S/c1-27(2,3)26(32)18-10-11-23-17(12-18)6-4-9-24(23)33-25(36)15-20-14-21(35)16-34(20)39(37,38)22-8-5-7-19(13-22)28(29,30)31/h5,7-8,10-13,20,24,26H,4,6,9,14-16,32H2,1-3H3,(H,33,36). The number of halogens is 3. The molecule has 0 saturated carbocycles. The number of benzene rings is 2. The van der Waals surface area contributed by atoms with E-state index in [0.29, 0.717) is 12.5 Å². The number of rotatable bonds is 6. The number of nitrogens with two attached hydrogens (primary N) is 1. The molecule has 4 rings (SSSR count). The Hall–Kier alpha value is -2.76. The number of alkyl halides is 3. The smallest absolute Gasteiger partial charge is 0.349 e. The van der Waals surface area contributed by atoms with Crippen LogP contribution in [0.1, 0.15) is 80.8 Å². The monoisotopic (exact) mass is 565 g/mol. The molecule has 1 fully saturated rings. The van der Waals surface area contributed by atoms with Gasteiger partial charge in [0, 0.05) is 24.9 Å². The number of amides is 1. The first kappa shape index (κ1) is 29.2. The van der Waals surface area contributed by atoms with Crippen molar-refractivity contribution in [2.45, 2.75) is 82.1 Å². The highest BCUT2D eigenvalue weighted by atomic mass is 32.2. The molecule has 7 nitrogen and oxygen atoms in total. The summed E-state index contributed by atoms with van der Waals surface area (Å²) < 4.78 is 66.8. The molecule has 3 atom stereocenters. The van der Waals surface area contributed by atoms with Crippen LogP contribution in [0.4, 0.5) is 13.2 Å². The van der Waals surface area contributed by atoms with Crippen LogP contribution in [0.25, 0.3) is 0 Å². The molecule has 2 aliphatic rings. The number of fused-ring (bicyclic) bond motifs is 1. The second-order valence-electron chi connectivity index (χ2n) is 11.5. The van der Waals surface area contributed by atoms with Crippen LogP contribution in [-0.4, -0.2) is 37.0 Å². The summed E-state index contributed by atoms with van der Waals surface area (Å²) in [6.45, 7) is 5.73. The number of carbonyl (C=O) groups is 2. The fourth-order valence-electron chi connectivity index (χ4n) is 5.30. The lowest BCUT2D eigenvalue weighted by Gasteiger charge is -2.31. The van der Waals surface area contributed by atoms with Gasteiger partial charge in [0.2, 0.25) is 15.9 Å². The van der Waals surface area contributed by atoms with E-state index in [4.69, 9.17) is 5.73 Å². The van der Waals surface area contributed by atoms with Gasteiger partial charge in [0.1, 0.15) is 5.78 Å². The number of sulfonamides is 1. The second-order valence-corrected chi connectivity index (χ2v) is 13.4. The fraction of sp³-hybridized carbons (Fsp3) is 0.500. The van der Waals surface area contributed by atoms with Crippen molar-refractivity contribution >= 4 is 21.7 Å². The summed E-state index contributed by atoms with van der Waals surface area (Å²) in [5.41, 5.74) is 8.32. The number of hydrogen-bond donors (Lipinski definition) is 2. The maximum Gasteiger partial charge on any atom is 0.416 e. The molecule has 1 heterocycles. The highest BCUT2D eigenvalue weighted by Crippen LogP contribution is 2.36. The van der Waals surface area contributed by atoms with E-state index in [9.17, 15) is 31.2 Å². The first-order valence-electron chi connectivity index (χ1n) is 13.0. The predicted molar refractivity (Wildman–Crippen MR) is 140 cm³/mol. The Labute approximate surface area is 227 Å². The zero-order valence-corrected chi connectivity index (χ0v) is 23.0. The van der Waals surface area contributed by atoms with Crippen molar-refractivity contribution in [1.82, 2.24) is 9.62 Å². The number of carbonyl (C=O) groups excluding carboxylic acids is 2. The number of nitrogens with one attached hydrogen (secondary N) is 1. The van der Waals surface area contributed by atoms with E-state index in [0.717, 1.165) is 52.0 Å². The normalized spacial score (nSPS) is 21.5. The van der Waals surface area contributed by atoms with Crippen LogP contribution in [0.5, 0.6) is 0 Å². The Bertz CT molecular complexity index is 1370. The van der Waals surface area contributed by atoms with Crippen molar-refractivity contribution in [3.05, 3.63) is 64.7 Å². The number of aryl methyl sites for hydroxylation is 1. The van der Waals surface area contributed by atoms with Gasteiger partial charge in [0.15, 0.2) is 0 Å². The summed E-state index contributed by atoms with van der Waals surface area (Å²) in [5, 5.41) is 2.98. The average Bonchev–Trinajstić information content (AvgIpc) is 3.22. The van der Waals surface area contributed by atoms with E-state index < -0.39 is 50.9 Å². The van der Waals surface area contributed by atoms with Gasteiger partial charge in [-0.05, 0) is 59.6 Å². The van der Waals surface area contributed by atoms with Crippen molar-refractivity contribution < 1.29 is 31.2 Å². The fourth-order valence-corrected chi connectivity index (χ4v) is 6.95. The van der Waals surface area contributed by atoms with Gasteiger partial charge in [0.05, 0.1) is 23.0 Å². The molecular formula is C28H34F3N3O4S. The molecule has 2 aromatic rings. The summed E-state index contributed by atoms with van der Waals surface area (Å²) in [6.07, 6.45) is -2.76. The molecule has 0 bridgehead atoms. The molecule has 212 valence electrons. The third kappa shape index (κ3) is 6.36. The number of nitrogens with zero attached hydrogens (tertiary/aromatic N) is 1. The van der Waals surface area contributed by atoms with Crippen LogP contribution in [0.15, 0.2) is 47.4 Å². The van der Waals surface area contributed by atoms with E-state index in [1.54, 1.807) is 0 Å². The van der Waals surface area contributed by atoms with Crippen molar-refractivity contribution in [3.63, 3.8) is 0 Å². The maximum absolute atomic E-state index is 13.2. The molecule has 1 saturated heterocycles. The molecule has 11 heteroatoms. The number of Topliss-reactive ketones (excluding diaryl/α,β-unsaturated/α-hetero) is 1. The first-order chi connectivity index (χ1) is 18.1. The van der Waals surface area contributed by atoms with Crippen molar-refractivity contribution in [2.75, 3.05) is 6.54 Å². The lowest BCUT2D eigenvalue weighted by molar-refractivity contribution is -0.137. The van der Waals surface area contributed by atoms with E-state index in [1.807, 2.05) is 12.1 Å². The van der Waals surface area contributed by atoms with Gasteiger partial charge in [-0.2, -0.15) is 17.5 Å². The average molecular weight is 566 g/mol. The number of ketones is 1. The molecule has 0 aromatic heterocycles. The van der Waals surface area contributed by atoms with Gasteiger partial charge in [-0.3, -0.25) is 9.59 Å². The number of hydrogen-bond acceptors (Lipinski definition) is 5. The van der Waals surface area contributed by atoms with Gasteiger partial charge in [-0.15, -0.1) is 0 Å². The van der Waals surface area contributed by atoms with Crippen LogP contribution in [0, 0.1) is 5.41 Å². The lowest BCUT2D eigenvalue weighted by atomic mass is 9.80. The molecule has 3 N–H and O–H groups in total. The van der Waals surface area contributed by atoms with E-state index in [1.165, 1.54) is 0 Å². The minimum Gasteiger partial charge on any atom is -0.349 e. The summed E-state index contributed by atoms with van der Waals surface area (Å²) in [6, 6.07) is 8.03. The Morgan fingerprint density at radius 3 is 2.54 bits per heavy atom. The van der Waals surface area contributed by atoms with Gasteiger partial charge in [-0.1, -0.05) is 45.0 Å². The highest BCUT2D eigenvalue weighted by molar-refractivity contribution is 7.89. The van der Waals surface area contributed by atoms with Crippen molar-refractivity contribution in [1.29, 1.82) is 0 Å². The van der Waals surface area contributed by atoms with Crippen LogP contribution in [0.3, 0.4) is 0 Å². The molecule has 0 spiro atoms. The molecule has 3 unspecified atom stereocenters. The summed E-state index contributed by atoms with van der Waals surface area (Å²) in [4.78, 5) is 24.7. The quantitative estimate of drug-likeness (QED) is 0.529. The zero-order valence-electron chi connectivity index (χ0n) is 22.2. The third-order valence-electron chi connectivity index (χ3n) is 7.50. The molecule has 1 amide bonds. The van der Waals surface area contributed by atoms with Crippen molar-refractivity contribution in [2.24, 2.45) is 11.1 Å².